The van der Waals surface area contributed by atoms with E-state index in [-0.39, 0.29) is 6.42 Å². The molecule has 4 nitrogen and oxygen atoms in total. The third-order valence-corrected chi connectivity index (χ3v) is 2.45. The highest BCUT2D eigenvalue weighted by Crippen LogP contribution is 2.19. The lowest BCUT2D eigenvalue weighted by Gasteiger charge is -2.04. The summed E-state index contributed by atoms with van der Waals surface area (Å²) in [7, 11) is 1.29. The molecule has 0 aliphatic carbocycles. The molecule has 80 valence electrons. The molecule has 1 N–H and O–H groups in total. The topological polar surface area (TPSA) is 63.6 Å². The first-order chi connectivity index (χ1) is 7.04. The number of carboxylic acids is 1. The van der Waals surface area contributed by atoms with Crippen LogP contribution >= 0.6 is 15.9 Å². The molecule has 0 radical (unpaired) electrons. The first-order valence-corrected chi connectivity index (χ1v) is 4.92. The standard InChI is InChI=1S/C10H9BrO4/c1-15-10(14)7-3-2-6(4-8(7)11)5-9(12)13/h2-4H,5H2,1H3,(H,12,13). The van der Waals surface area contributed by atoms with Gasteiger partial charge in [0.15, 0.2) is 0 Å². The number of methoxy groups -OCH3 is 1. The lowest BCUT2D eigenvalue weighted by atomic mass is 10.1. The minimum atomic E-state index is -0.910. The van der Waals surface area contributed by atoms with Gasteiger partial charge in [-0.2, -0.15) is 0 Å². The second kappa shape index (κ2) is 4.93. The molecule has 0 amide bonds. The average Bonchev–Trinajstić information content (AvgIpc) is 2.16. The highest BCUT2D eigenvalue weighted by Gasteiger charge is 2.11. The molecule has 15 heavy (non-hydrogen) atoms. The van der Waals surface area contributed by atoms with E-state index in [4.69, 9.17) is 5.11 Å². The van der Waals surface area contributed by atoms with Crippen molar-refractivity contribution in [1.82, 2.24) is 0 Å². The van der Waals surface area contributed by atoms with E-state index < -0.39 is 11.9 Å². The molecule has 0 atom stereocenters. The zero-order valence-corrected chi connectivity index (χ0v) is 9.58. The van der Waals surface area contributed by atoms with Crippen molar-refractivity contribution in [1.29, 1.82) is 0 Å². The zero-order chi connectivity index (χ0) is 11.4. The van der Waals surface area contributed by atoms with Gasteiger partial charge in [-0.3, -0.25) is 4.79 Å². The Kier molecular flexibility index (Phi) is 3.85. The quantitative estimate of drug-likeness (QED) is 0.854. The number of carboxylic acid groups (broad SMARTS) is 1. The molecule has 0 unspecified atom stereocenters. The lowest BCUT2D eigenvalue weighted by Crippen LogP contribution is -2.04. The van der Waals surface area contributed by atoms with Crippen molar-refractivity contribution in [2.45, 2.75) is 6.42 Å². The number of ether oxygens (including phenoxy) is 1. The monoisotopic (exact) mass is 272 g/mol. The minimum Gasteiger partial charge on any atom is -0.481 e. The number of halogens is 1. The molecule has 0 heterocycles. The molecule has 1 aromatic carbocycles. The first-order valence-electron chi connectivity index (χ1n) is 4.13. The molecule has 0 spiro atoms. The highest BCUT2D eigenvalue weighted by molar-refractivity contribution is 9.10. The van der Waals surface area contributed by atoms with E-state index in [1.54, 1.807) is 12.1 Å². The number of carbonyl (C=O) groups excluding carboxylic acids is 1. The van der Waals surface area contributed by atoms with Gasteiger partial charge in [-0.25, -0.2) is 4.79 Å². The van der Waals surface area contributed by atoms with Crippen LogP contribution in [0.4, 0.5) is 0 Å². The number of hydrogen-bond donors (Lipinski definition) is 1. The molecular formula is C10H9BrO4. The maximum absolute atomic E-state index is 11.2. The van der Waals surface area contributed by atoms with E-state index in [1.807, 2.05) is 0 Å². The van der Waals surface area contributed by atoms with Gasteiger partial charge in [-0.05, 0) is 33.6 Å². The summed E-state index contributed by atoms with van der Waals surface area (Å²) in [5.41, 5.74) is 1.01. The summed E-state index contributed by atoms with van der Waals surface area (Å²) in [5, 5.41) is 8.58. The SMILES string of the molecule is COC(=O)c1ccc(CC(=O)O)cc1Br. The van der Waals surface area contributed by atoms with Crippen molar-refractivity contribution in [2.75, 3.05) is 7.11 Å². The number of rotatable bonds is 3. The summed E-state index contributed by atoms with van der Waals surface area (Å²) in [6.45, 7) is 0. The van der Waals surface area contributed by atoms with Crippen LogP contribution < -0.4 is 0 Å². The molecule has 0 fully saturated rings. The molecule has 1 aromatic rings. The van der Waals surface area contributed by atoms with Gasteiger partial charge in [-0.1, -0.05) is 6.07 Å². The van der Waals surface area contributed by atoms with Gasteiger partial charge in [-0.15, -0.1) is 0 Å². The summed E-state index contributed by atoms with van der Waals surface area (Å²) in [6.07, 6.45) is -0.0694. The summed E-state index contributed by atoms with van der Waals surface area (Å²) in [6, 6.07) is 4.72. The molecule has 5 heteroatoms. The number of esters is 1. The van der Waals surface area contributed by atoms with Gasteiger partial charge in [0, 0.05) is 4.47 Å². The number of hydrogen-bond acceptors (Lipinski definition) is 3. The third kappa shape index (κ3) is 3.06. The first kappa shape index (κ1) is 11.7. The maximum atomic E-state index is 11.2. The summed E-state index contributed by atoms with van der Waals surface area (Å²) >= 11 is 3.18. The van der Waals surface area contributed by atoms with Crippen LogP contribution in [0.15, 0.2) is 22.7 Å². The Balaban J connectivity index is 2.97. The van der Waals surface area contributed by atoms with E-state index in [2.05, 4.69) is 20.7 Å². The van der Waals surface area contributed by atoms with Crippen LogP contribution in [-0.2, 0) is 16.0 Å². The number of aliphatic carboxylic acids is 1. The predicted molar refractivity (Wildman–Crippen MR) is 56.8 cm³/mol. The average molecular weight is 273 g/mol. The van der Waals surface area contributed by atoms with Crippen LogP contribution in [-0.4, -0.2) is 24.2 Å². The van der Waals surface area contributed by atoms with Crippen molar-refractivity contribution < 1.29 is 19.4 Å². The van der Waals surface area contributed by atoms with Gasteiger partial charge in [0.1, 0.15) is 0 Å². The highest BCUT2D eigenvalue weighted by atomic mass is 79.9. The Bertz CT molecular complexity index is 400. The maximum Gasteiger partial charge on any atom is 0.338 e. The second-order valence-electron chi connectivity index (χ2n) is 2.88. The van der Waals surface area contributed by atoms with Crippen LogP contribution in [0.2, 0.25) is 0 Å². The Morgan fingerprint density at radius 1 is 1.47 bits per heavy atom. The molecular weight excluding hydrogens is 264 g/mol. The molecule has 0 saturated heterocycles. The number of benzene rings is 1. The lowest BCUT2D eigenvalue weighted by molar-refractivity contribution is -0.136. The van der Waals surface area contributed by atoms with E-state index >= 15 is 0 Å². The van der Waals surface area contributed by atoms with Crippen molar-refractivity contribution in [3.05, 3.63) is 33.8 Å². The van der Waals surface area contributed by atoms with Crippen LogP contribution in [0.1, 0.15) is 15.9 Å². The zero-order valence-electron chi connectivity index (χ0n) is 7.99. The van der Waals surface area contributed by atoms with Gasteiger partial charge in [0.2, 0.25) is 0 Å². The van der Waals surface area contributed by atoms with Crippen LogP contribution in [0.3, 0.4) is 0 Å². The van der Waals surface area contributed by atoms with Gasteiger partial charge in [0.05, 0.1) is 19.1 Å². The Morgan fingerprint density at radius 2 is 2.13 bits per heavy atom. The molecule has 0 saturated carbocycles. The molecule has 0 aliphatic rings. The largest absolute Gasteiger partial charge is 0.481 e. The predicted octanol–water partition coefficient (Wildman–Crippen LogP) is 1.86. The van der Waals surface area contributed by atoms with Gasteiger partial charge < -0.3 is 9.84 Å². The van der Waals surface area contributed by atoms with E-state index in [1.165, 1.54) is 13.2 Å². The van der Waals surface area contributed by atoms with Crippen molar-refractivity contribution in [3.63, 3.8) is 0 Å². The van der Waals surface area contributed by atoms with Crippen LogP contribution in [0.5, 0.6) is 0 Å². The normalized spacial score (nSPS) is 9.73. The van der Waals surface area contributed by atoms with E-state index in [0.29, 0.717) is 15.6 Å². The van der Waals surface area contributed by atoms with Crippen LogP contribution in [0, 0.1) is 0 Å². The summed E-state index contributed by atoms with van der Waals surface area (Å²) in [5.74, 6) is -1.36. The van der Waals surface area contributed by atoms with Gasteiger partial charge >= 0.3 is 11.9 Å². The number of carbonyl (C=O) groups is 2. The summed E-state index contributed by atoms with van der Waals surface area (Å²) in [4.78, 5) is 21.6. The van der Waals surface area contributed by atoms with E-state index in [0.717, 1.165) is 0 Å². The third-order valence-electron chi connectivity index (χ3n) is 1.79. The van der Waals surface area contributed by atoms with Crippen molar-refractivity contribution in [3.8, 4) is 0 Å². The molecule has 0 bridgehead atoms. The minimum absolute atomic E-state index is 0.0694. The van der Waals surface area contributed by atoms with Crippen molar-refractivity contribution in [2.24, 2.45) is 0 Å². The van der Waals surface area contributed by atoms with E-state index in [9.17, 15) is 9.59 Å². The molecule has 0 aromatic heterocycles. The van der Waals surface area contributed by atoms with Gasteiger partial charge in [0.25, 0.3) is 0 Å². The Labute approximate surface area is 95.0 Å². The molecule has 1 rings (SSSR count). The fourth-order valence-corrected chi connectivity index (χ4v) is 1.71. The van der Waals surface area contributed by atoms with Crippen LogP contribution in [0.25, 0.3) is 0 Å². The smallest absolute Gasteiger partial charge is 0.338 e. The Morgan fingerprint density at radius 3 is 2.60 bits per heavy atom. The fraction of sp³-hybridized carbons (Fsp3) is 0.200. The fourth-order valence-electron chi connectivity index (χ4n) is 1.12. The molecule has 0 aliphatic heterocycles. The van der Waals surface area contributed by atoms with Crippen molar-refractivity contribution >= 4 is 27.9 Å². The Hall–Kier alpha value is -1.36. The summed E-state index contributed by atoms with van der Waals surface area (Å²) < 4.78 is 5.09. The second-order valence-corrected chi connectivity index (χ2v) is 3.73.